The number of amides is 1. The van der Waals surface area contributed by atoms with E-state index in [9.17, 15) is 55.9 Å². The molecule has 286 valence electrons. The van der Waals surface area contributed by atoms with Crippen LogP contribution in [0.25, 0.3) is 0 Å². The SMILES string of the molecule is CC(=O)NC1[C@H](OC(C)C)OC(CO)[C@@H](O[C@@H]2OC(CO)[C@H](O)C(O)C2O[C@@H]2O[C@@H](C)[C@@H](O)C(O)C2O)[C@@H]1O[C@@H]1OC(C)[C@@H](O)[C@H](O)C1O. The Morgan fingerprint density at radius 3 is 1.53 bits per heavy atom. The molecule has 4 aliphatic rings. The lowest BCUT2D eigenvalue weighted by atomic mass is 9.94. The lowest BCUT2D eigenvalue weighted by Crippen LogP contribution is -2.70. The van der Waals surface area contributed by atoms with Crippen molar-refractivity contribution in [1.29, 1.82) is 0 Å². The molecule has 0 aromatic carbocycles. The van der Waals surface area contributed by atoms with Crippen LogP contribution in [0.3, 0.4) is 0 Å². The predicted molar refractivity (Wildman–Crippen MR) is 157 cm³/mol. The first-order chi connectivity index (χ1) is 23.0. The zero-order chi connectivity index (χ0) is 36.5. The number of hydrogen-bond donors (Lipinski definition) is 11. The number of carbonyl (C=O) groups excluding carboxylic acids is 1. The summed E-state index contributed by atoms with van der Waals surface area (Å²) in [5, 5.41) is 107. The van der Waals surface area contributed by atoms with Gasteiger partial charge in [-0.05, 0) is 27.7 Å². The Bertz CT molecular complexity index is 1060. The molecule has 0 aromatic heterocycles. The van der Waals surface area contributed by atoms with Gasteiger partial charge >= 0.3 is 0 Å². The summed E-state index contributed by atoms with van der Waals surface area (Å²) in [6.45, 7) is 5.74. The summed E-state index contributed by atoms with van der Waals surface area (Å²) in [5.41, 5.74) is 0. The maximum atomic E-state index is 12.5. The molecule has 20 heteroatoms. The molecule has 20 nitrogen and oxygen atoms in total. The molecule has 4 fully saturated rings. The largest absolute Gasteiger partial charge is 0.394 e. The van der Waals surface area contributed by atoms with Gasteiger partial charge in [0.15, 0.2) is 25.2 Å². The van der Waals surface area contributed by atoms with E-state index >= 15 is 0 Å². The van der Waals surface area contributed by atoms with Gasteiger partial charge in [-0.2, -0.15) is 0 Å². The van der Waals surface area contributed by atoms with Crippen LogP contribution in [0.4, 0.5) is 0 Å². The molecule has 0 saturated carbocycles. The van der Waals surface area contributed by atoms with Crippen LogP contribution in [0, 0.1) is 0 Å². The summed E-state index contributed by atoms with van der Waals surface area (Å²) in [6, 6.07) is -1.28. The highest BCUT2D eigenvalue weighted by Gasteiger charge is 2.56. The maximum absolute atomic E-state index is 12.5. The van der Waals surface area contributed by atoms with E-state index in [4.69, 9.17) is 37.9 Å². The molecule has 0 radical (unpaired) electrons. The number of aliphatic hydroxyl groups excluding tert-OH is 10. The molecule has 4 saturated heterocycles. The highest BCUT2D eigenvalue weighted by atomic mass is 16.8. The van der Waals surface area contributed by atoms with Crippen molar-refractivity contribution in [2.24, 2.45) is 0 Å². The topological polar surface area (TPSA) is 305 Å². The summed E-state index contributed by atoms with van der Waals surface area (Å²) in [5.74, 6) is -0.595. The summed E-state index contributed by atoms with van der Waals surface area (Å²) >= 11 is 0. The normalized spacial score (nSPS) is 49.6. The predicted octanol–water partition coefficient (Wildman–Crippen LogP) is -6.12. The Balaban J connectivity index is 1.73. The van der Waals surface area contributed by atoms with Crippen LogP contribution in [-0.2, 0) is 42.7 Å². The van der Waals surface area contributed by atoms with Gasteiger partial charge in [-0.25, -0.2) is 0 Å². The molecule has 1 amide bonds. The van der Waals surface area contributed by atoms with E-state index in [-0.39, 0.29) is 0 Å². The smallest absolute Gasteiger partial charge is 0.217 e. The number of nitrogens with one attached hydrogen (secondary N) is 1. The number of ether oxygens (including phenoxy) is 8. The molecule has 9 unspecified atom stereocenters. The summed E-state index contributed by atoms with van der Waals surface area (Å²) in [6.07, 6.45) is -30.5. The molecule has 11 N–H and O–H groups in total. The molecule has 4 heterocycles. The average molecular weight is 718 g/mol. The van der Waals surface area contributed by atoms with Gasteiger partial charge in [-0.15, -0.1) is 0 Å². The van der Waals surface area contributed by atoms with Gasteiger partial charge in [0.25, 0.3) is 0 Å². The van der Waals surface area contributed by atoms with Crippen LogP contribution < -0.4 is 5.32 Å². The quantitative estimate of drug-likeness (QED) is 0.0947. The second kappa shape index (κ2) is 17.1. The van der Waals surface area contributed by atoms with Crippen molar-refractivity contribution in [3.8, 4) is 0 Å². The molecule has 0 bridgehead atoms. The van der Waals surface area contributed by atoms with Crippen molar-refractivity contribution < 1.29 is 93.8 Å². The van der Waals surface area contributed by atoms with E-state index in [1.165, 1.54) is 20.8 Å². The Morgan fingerprint density at radius 2 is 1.06 bits per heavy atom. The van der Waals surface area contributed by atoms with E-state index in [1.807, 2.05) is 0 Å². The summed E-state index contributed by atoms with van der Waals surface area (Å²) < 4.78 is 47.0. The van der Waals surface area contributed by atoms with E-state index in [2.05, 4.69) is 5.32 Å². The third-order valence-corrected chi connectivity index (χ3v) is 8.92. The maximum Gasteiger partial charge on any atom is 0.217 e. The summed E-state index contributed by atoms with van der Waals surface area (Å²) in [7, 11) is 0. The third-order valence-electron chi connectivity index (χ3n) is 8.92. The number of carbonyl (C=O) groups is 1. The van der Waals surface area contributed by atoms with E-state index in [0.717, 1.165) is 0 Å². The second-order valence-electron chi connectivity index (χ2n) is 13.0. The second-order valence-corrected chi connectivity index (χ2v) is 13.0. The van der Waals surface area contributed by atoms with Crippen LogP contribution in [0.15, 0.2) is 0 Å². The van der Waals surface area contributed by atoms with Crippen molar-refractivity contribution >= 4 is 5.91 Å². The van der Waals surface area contributed by atoms with Crippen LogP contribution in [0.2, 0.25) is 0 Å². The molecule has 0 spiro atoms. The van der Waals surface area contributed by atoms with Gasteiger partial charge in [0.2, 0.25) is 5.91 Å². The minimum atomic E-state index is -1.90. The number of aliphatic hydroxyl groups is 10. The molecule has 49 heavy (non-hydrogen) atoms. The Morgan fingerprint density at radius 1 is 0.592 bits per heavy atom. The minimum absolute atomic E-state index is 0.494. The number of hydrogen-bond acceptors (Lipinski definition) is 19. The summed E-state index contributed by atoms with van der Waals surface area (Å²) in [4.78, 5) is 12.5. The van der Waals surface area contributed by atoms with Gasteiger partial charge in [0.05, 0.1) is 31.5 Å². The first-order valence-corrected chi connectivity index (χ1v) is 16.2. The average Bonchev–Trinajstić information content (AvgIpc) is 3.05. The first kappa shape index (κ1) is 40.5. The van der Waals surface area contributed by atoms with Crippen LogP contribution >= 0.6 is 0 Å². The fourth-order valence-electron chi connectivity index (χ4n) is 6.18. The number of rotatable bonds is 11. The van der Waals surface area contributed by atoms with Crippen LogP contribution in [0.5, 0.6) is 0 Å². The molecular formula is C29H51NO19. The van der Waals surface area contributed by atoms with E-state index in [0.29, 0.717) is 0 Å². The monoisotopic (exact) mass is 717 g/mol. The van der Waals surface area contributed by atoms with Gasteiger partial charge in [0.1, 0.15) is 85.4 Å². The third kappa shape index (κ3) is 8.87. The Hall–Kier alpha value is -1.25. The molecule has 20 atom stereocenters. The van der Waals surface area contributed by atoms with Crippen molar-refractivity contribution in [3.63, 3.8) is 0 Å². The standard InChI is InChI=1S/C29H51NO19/c1-8(2)42-26-14(30-11(5)33)24(48-27-21(40)18(37)15(34)9(3)43-27)23(13(7-32)46-26)47-29-25(20(39)17(36)12(6-31)45-29)49-28-22(41)19(38)16(35)10(4)44-28/h8-10,12-29,31-32,34-41H,6-7H2,1-5H3,(H,30,33)/t9?,10-,12?,13?,14?,15+,16+,17-,18-,19?,20?,21?,22?,23+,24+,25?,26+,27-,28-,29-/m0/s1. The van der Waals surface area contributed by atoms with Crippen molar-refractivity contribution in [3.05, 3.63) is 0 Å². The lowest BCUT2D eigenvalue weighted by Gasteiger charge is -2.51. The molecule has 4 aliphatic heterocycles. The van der Waals surface area contributed by atoms with E-state index < -0.39 is 148 Å². The van der Waals surface area contributed by atoms with Crippen molar-refractivity contribution in [1.82, 2.24) is 5.32 Å². The molecular weight excluding hydrogens is 666 g/mol. The minimum Gasteiger partial charge on any atom is -0.394 e. The lowest BCUT2D eigenvalue weighted by molar-refractivity contribution is -0.393. The molecule has 0 aliphatic carbocycles. The first-order valence-electron chi connectivity index (χ1n) is 16.2. The fourth-order valence-corrected chi connectivity index (χ4v) is 6.18. The van der Waals surface area contributed by atoms with Gasteiger partial charge in [0, 0.05) is 6.92 Å². The fraction of sp³-hybridized carbons (Fsp3) is 0.966. The zero-order valence-electron chi connectivity index (χ0n) is 27.7. The zero-order valence-corrected chi connectivity index (χ0v) is 27.7. The molecule has 0 aromatic rings. The highest BCUT2D eigenvalue weighted by molar-refractivity contribution is 5.73. The van der Waals surface area contributed by atoms with Crippen LogP contribution in [-0.4, -0.2) is 199 Å². The van der Waals surface area contributed by atoms with Crippen molar-refractivity contribution in [2.45, 2.75) is 163 Å². The van der Waals surface area contributed by atoms with Crippen molar-refractivity contribution in [2.75, 3.05) is 13.2 Å². The van der Waals surface area contributed by atoms with Gasteiger partial charge in [-0.3, -0.25) is 4.79 Å². The van der Waals surface area contributed by atoms with Crippen LogP contribution in [0.1, 0.15) is 34.6 Å². The Kier molecular flexibility index (Phi) is 14.1. The van der Waals surface area contributed by atoms with Gasteiger partial charge in [-0.1, -0.05) is 0 Å². The molecule has 4 rings (SSSR count). The van der Waals surface area contributed by atoms with E-state index in [1.54, 1.807) is 13.8 Å². The van der Waals surface area contributed by atoms with Gasteiger partial charge < -0.3 is 94.3 Å². The Labute approximate surface area is 281 Å². The highest BCUT2D eigenvalue weighted by Crippen LogP contribution is 2.36.